The van der Waals surface area contributed by atoms with Crippen molar-refractivity contribution in [2.45, 2.75) is 6.54 Å². The molecule has 7 heteroatoms. The van der Waals surface area contributed by atoms with E-state index in [2.05, 4.69) is 24.8 Å². The van der Waals surface area contributed by atoms with Gasteiger partial charge in [-0.15, -0.1) is 0 Å². The van der Waals surface area contributed by atoms with Crippen LogP contribution < -0.4 is 10.5 Å². The number of hydrogen-bond acceptors (Lipinski definition) is 6. The largest absolute Gasteiger partial charge is 0.369 e. The average Bonchev–Trinajstić information content (AvgIpc) is 2.66. The van der Waals surface area contributed by atoms with E-state index in [4.69, 9.17) is 0 Å². The zero-order chi connectivity index (χ0) is 17.2. The molecule has 0 N–H and O–H groups in total. The molecule has 1 aliphatic heterocycles. The number of anilines is 1. The smallest absolute Gasteiger partial charge is 0.260 e. The second kappa shape index (κ2) is 6.60. The summed E-state index contributed by atoms with van der Waals surface area (Å²) in [4.78, 5) is 29.8. The first-order chi connectivity index (χ1) is 12.2. The Morgan fingerprint density at radius 1 is 1.04 bits per heavy atom. The Labute approximate surface area is 145 Å². The first-order valence-corrected chi connectivity index (χ1v) is 8.39. The van der Waals surface area contributed by atoms with Gasteiger partial charge in [0.1, 0.15) is 5.82 Å². The molecule has 3 heterocycles. The Balaban J connectivity index is 1.46. The van der Waals surface area contributed by atoms with Gasteiger partial charge in [-0.2, -0.15) is 0 Å². The van der Waals surface area contributed by atoms with Crippen LogP contribution in [0.4, 0.5) is 5.69 Å². The summed E-state index contributed by atoms with van der Waals surface area (Å²) in [6.45, 7) is 4.57. The van der Waals surface area contributed by atoms with Gasteiger partial charge in [0.2, 0.25) is 0 Å². The van der Waals surface area contributed by atoms with Crippen molar-refractivity contribution in [2.75, 3.05) is 31.1 Å². The third-order valence-corrected chi connectivity index (χ3v) is 4.62. The van der Waals surface area contributed by atoms with Crippen molar-refractivity contribution in [1.82, 2.24) is 24.4 Å². The second-order valence-electron chi connectivity index (χ2n) is 6.29. The number of aromatic nitrogens is 4. The van der Waals surface area contributed by atoms with Crippen molar-refractivity contribution >= 4 is 16.6 Å². The number of hydrogen-bond donors (Lipinski definition) is 0. The highest BCUT2D eigenvalue weighted by atomic mass is 16.1. The van der Waals surface area contributed by atoms with Gasteiger partial charge in [-0.3, -0.25) is 9.69 Å². The molecule has 0 bridgehead atoms. The van der Waals surface area contributed by atoms with Crippen molar-refractivity contribution in [3.8, 4) is 0 Å². The van der Waals surface area contributed by atoms with E-state index in [1.807, 2.05) is 24.3 Å². The van der Waals surface area contributed by atoms with Crippen molar-refractivity contribution in [1.29, 1.82) is 0 Å². The lowest BCUT2D eigenvalue weighted by Gasteiger charge is -2.35. The molecule has 0 atom stereocenters. The summed E-state index contributed by atoms with van der Waals surface area (Å²) in [6.07, 6.45) is 5.14. The molecule has 0 aliphatic carbocycles. The average molecular weight is 336 g/mol. The number of fused-ring (bicyclic) bond motifs is 1. The second-order valence-corrected chi connectivity index (χ2v) is 6.29. The number of benzene rings is 1. The zero-order valence-corrected chi connectivity index (χ0v) is 14.2. The fraction of sp³-hybridized carbons (Fsp3) is 0.333. The maximum absolute atomic E-state index is 12.1. The molecule has 7 nitrogen and oxygen atoms in total. The lowest BCUT2D eigenvalue weighted by Crippen LogP contribution is -2.46. The molecular formula is C18H20N6O. The molecule has 0 saturated carbocycles. The van der Waals surface area contributed by atoms with E-state index in [1.165, 1.54) is 4.57 Å². The van der Waals surface area contributed by atoms with E-state index in [-0.39, 0.29) is 5.56 Å². The topological polar surface area (TPSA) is 67.2 Å². The van der Waals surface area contributed by atoms with Crippen molar-refractivity contribution in [3.63, 3.8) is 0 Å². The molecule has 1 aliphatic rings. The lowest BCUT2D eigenvalue weighted by molar-refractivity contribution is 0.244. The molecule has 1 saturated heterocycles. The van der Waals surface area contributed by atoms with E-state index in [0.29, 0.717) is 5.39 Å². The van der Waals surface area contributed by atoms with Crippen LogP contribution in [-0.2, 0) is 13.6 Å². The first kappa shape index (κ1) is 15.7. The van der Waals surface area contributed by atoms with Gasteiger partial charge in [-0.1, -0.05) is 0 Å². The van der Waals surface area contributed by atoms with E-state index in [9.17, 15) is 4.79 Å². The third-order valence-electron chi connectivity index (χ3n) is 4.62. The lowest BCUT2D eigenvalue weighted by atomic mass is 10.2. The highest BCUT2D eigenvalue weighted by Gasteiger charge is 2.18. The highest BCUT2D eigenvalue weighted by Crippen LogP contribution is 2.20. The van der Waals surface area contributed by atoms with E-state index in [0.717, 1.165) is 49.8 Å². The minimum absolute atomic E-state index is 0.00997. The minimum atomic E-state index is -0.00997. The molecule has 1 aromatic carbocycles. The molecular weight excluding hydrogens is 316 g/mol. The van der Waals surface area contributed by atoms with E-state index in [1.54, 1.807) is 25.8 Å². The summed E-state index contributed by atoms with van der Waals surface area (Å²) in [7, 11) is 1.72. The maximum Gasteiger partial charge on any atom is 0.260 e. The number of piperazine rings is 1. The SMILES string of the molecule is Cn1cnc2cc(N3CCN(Cc4ncccn4)CC3)ccc2c1=O. The van der Waals surface area contributed by atoms with Crippen LogP contribution in [-0.4, -0.2) is 50.6 Å². The molecule has 25 heavy (non-hydrogen) atoms. The summed E-state index contributed by atoms with van der Waals surface area (Å²) in [5, 5.41) is 0.661. The molecule has 3 aromatic rings. The molecule has 4 rings (SSSR count). The highest BCUT2D eigenvalue weighted by molar-refractivity contribution is 5.81. The molecule has 0 amide bonds. The number of rotatable bonds is 3. The van der Waals surface area contributed by atoms with Crippen LogP contribution in [0.15, 0.2) is 47.8 Å². The summed E-state index contributed by atoms with van der Waals surface area (Å²) in [6, 6.07) is 7.74. The van der Waals surface area contributed by atoms with Crippen LogP contribution in [0.2, 0.25) is 0 Å². The number of nitrogens with zero attached hydrogens (tertiary/aromatic N) is 6. The molecule has 0 radical (unpaired) electrons. The predicted molar refractivity (Wildman–Crippen MR) is 96.5 cm³/mol. The quantitative estimate of drug-likeness (QED) is 0.712. The van der Waals surface area contributed by atoms with E-state index >= 15 is 0 Å². The van der Waals surface area contributed by atoms with Gasteiger partial charge >= 0.3 is 0 Å². The Kier molecular flexibility index (Phi) is 4.15. The first-order valence-electron chi connectivity index (χ1n) is 8.39. The Morgan fingerprint density at radius 2 is 1.80 bits per heavy atom. The van der Waals surface area contributed by atoms with Gasteiger partial charge in [-0.05, 0) is 24.3 Å². The zero-order valence-electron chi connectivity index (χ0n) is 14.2. The standard InChI is InChI=1S/C18H20N6O/c1-22-13-21-16-11-14(3-4-15(16)18(22)25)24-9-7-23(8-10-24)12-17-19-5-2-6-20-17/h2-6,11,13H,7-10,12H2,1H3. The third kappa shape index (κ3) is 3.23. The molecule has 0 spiro atoms. The fourth-order valence-corrected chi connectivity index (χ4v) is 3.17. The van der Waals surface area contributed by atoms with E-state index < -0.39 is 0 Å². The Morgan fingerprint density at radius 3 is 2.56 bits per heavy atom. The predicted octanol–water partition coefficient (Wildman–Crippen LogP) is 1.05. The minimum Gasteiger partial charge on any atom is -0.369 e. The Bertz CT molecular complexity index is 931. The van der Waals surface area contributed by atoms with Gasteiger partial charge < -0.3 is 9.47 Å². The molecule has 0 unspecified atom stereocenters. The van der Waals surface area contributed by atoms with Crippen LogP contribution in [0, 0.1) is 0 Å². The molecule has 128 valence electrons. The van der Waals surface area contributed by atoms with Crippen LogP contribution in [0.3, 0.4) is 0 Å². The molecule has 2 aromatic heterocycles. The van der Waals surface area contributed by atoms with Crippen LogP contribution in [0.1, 0.15) is 5.82 Å². The van der Waals surface area contributed by atoms with Crippen molar-refractivity contribution in [3.05, 3.63) is 59.2 Å². The number of aryl methyl sites for hydroxylation is 1. The summed E-state index contributed by atoms with van der Waals surface area (Å²) < 4.78 is 1.51. The van der Waals surface area contributed by atoms with Gasteiger partial charge in [-0.25, -0.2) is 15.0 Å². The molecule has 1 fully saturated rings. The summed E-state index contributed by atoms with van der Waals surface area (Å²) in [5.74, 6) is 0.863. The van der Waals surface area contributed by atoms with Gasteiger partial charge in [0.05, 0.1) is 23.8 Å². The van der Waals surface area contributed by atoms with Gasteiger partial charge in [0, 0.05) is 51.3 Å². The van der Waals surface area contributed by atoms with Gasteiger partial charge in [0.25, 0.3) is 5.56 Å². The Hall–Kier alpha value is -2.80. The monoisotopic (exact) mass is 336 g/mol. The van der Waals surface area contributed by atoms with Crippen molar-refractivity contribution in [2.24, 2.45) is 7.05 Å². The normalized spacial score (nSPS) is 15.6. The fourth-order valence-electron chi connectivity index (χ4n) is 3.17. The van der Waals surface area contributed by atoms with Gasteiger partial charge in [0.15, 0.2) is 0 Å². The van der Waals surface area contributed by atoms with Crippen LogP contribution in [0.25, 0.3) is 10.9 Å². The summed E-state index contributed by atoms with van der Waals surface area (Å²) in [5.41, 5.74) is 1.86. The van der Waals surface area contributed by atoms with Crippen LogP contribution in [0.5, 0.6) is 0 Å². The maximum atomic E-state index is 12.1. The van der Waals surface area contributed by atoms with Crippen LogP contribution >= 0.6 is 0 Å². The summed E-state index contributed by atoms with van der Waals surface area (Å²) >= 11 is 0. The van der Waals surface area contributed by atoms with Crippen molar-refractivity contribution < 1.29 is 0 Å².